The van der Waals surface area contributed by atoms with E-state index < -0.39 is 0 Å². The Bertz CT molecular complexity index is 865. The van der Waals surface area contributed by atoms with E-state index in [1.807, 2.05) is 54.8 Å². The fraction of sp³-hybridized carbons (Fsp3) is 0.238. The molecule has 0 fully saturated rings. The molecule has 1 amide bonds. The minimum atomic E-state index is -0.00129. The van der Waals surface area contributed by atoms with E-state index in [0.29, 0.717) is 19.6 Å². The first-order valence-corrected chi connectivity index (χ1v) is 10.7. The molecule has 27 heavy (non-hydrogen) atoms. The lowest BCUT2D eigenvalue weighted by atomic mass is 10.2. The Morgan fingerprint density at radius 1 is 1.15 bits per heavy atom. The van der Waals surface area contributed by atoms with Crippen molar-refractivity contribution in [3.05, 3.63) is 65.7 Å². The molecule has 140 valence electrons. The zero-order chi connectivity index (χ0) is 18.9. The molecule has 0 spiro atoms. The monoisotopic (exact) mass is 398 g/mol. The summed E-state index contributed by atoms with van der Waals surface area (Å²) in [5, 5.41) is 5.78. The van der Waals surface area contributed by atoms with Crippen LogP contribution in [-0.2, 0) is 11.2 Å². The lowest BCUT2D eigenvalue weighted by Crippen LogP contribution is -2.27. The van der Waals surface area contributed by atoms with Gasteiger partial charge in [-0.25, -0.2) is 4.98 Å². The van der Waals surface area contributed by atoms with E-state index in [1.165, 1.54) is 16.2 Å². The quantitative estimate of drug-likeness (QED) is 0.421. The smallest absolute Gasteiger partial charge is 0.226 e. The number of hydrogen-bond donors (Lipinski definition) is 1. The van der Waals surface area contributed by atoms with Crippen molar-refractivity contribution in [1.29, 1.82) is 0 Å². The number of carbonyl (C=O) groups excluding carboxylic acids is 1. The number of thioether (sulfide) groups is 1. The van der Waals surface area contributed by atoms with E-state index in [0.717, 1.165) is 27.8 Å². The minimum absolute atomic E-state index is 0.00129. The van der Waals surface area contributed by atoms with Crippen LogP contribution in [0.15, 0.2) is 64.9 Å². The van der Waals surface area contributed by atoms with Crippen molar-refractivity contribution in [2.24, 2.45) is 0 Å². The molecule has 0 aliphatic heterocycles. The topological polar surface area (TPSA) is 51.2 Å². The number of nitrogens with zero attached hydrogens (tertiary/aromatic N) is 1. The van der Waals surface area contributed by atoms with E-state index >= 15 is 0 Å². The van der Waals surface area contributed by atoms with Gasteiger partial charge < -0.3 is 10.1 Å². The van der Waals surface area contributed by atoms with Crippen molar-refractivity contribution in [3.63, 3.8) is 0 Å². The number of para-hydroxylation sites is 1. The van der Waals surface area contributed by atoms with Gasteiger partial charge in [0.25, 0.3) is 0 Å². The molecule has 0 aliphatic carbocycles. The van der Waals surface area contributed by atoms with Crippen LogP contribution >= 0.6 is 23.1 Å². The van der Waals surface area contributed by atoms with Crippen molar-refractivity contribution < 1.29 is 9.53 Å². The molecule has 0 aliphatic rings. The van der Waals surface area contributed by atoms with Crippen LogP contribution in [0, 0.1) is 0 Å². The molecule has 0 radical (unpaired) electrons. The van der Waals surface area contributed by atoms with Crippen LogP contribution in [0.5, 0.6) is 5.75 Å². The summed E-state index contributed by atoms with van der Waals surface area (Å²) >= 11 is 3.27. The number of nitrogens with one attached hydrogen (secondary N) is 1. The number of carbonyl (C=O) groups is 1. The van der Waals surface area contributed by atoms with Crippen LogP contribution in [0.2, 0.25) is 0 Å². The van der Waals surface area contributed by atoms with Crippen molar-refractivity contribution >= 4 is 29.0 Å². The number of hydrogen-bond acceptors (Lipinski definition) is 5. The molecule has 1 aromatic heterocycles. The molecule has 4 nitrogen and oxygen atoms in total. The summed E-state index contributed by atoms with van der Waals surface area (Å²) in [4.78, 5) is 18.0. The number of thiazole rings is 1. The molecule has 1 heterocycles. The van der Waals surface area contributed by atoms with Gasteiger partial charge in [-0.05, 0) is 31.2 Å². The van der Waals surface area contributed by atoms with E-state index in [2.05, 4.69) is 22.4 Å². The van der Waals surface area contributed by atoms with Crippen molar-refractivity contribution in [2.45, 2.75) is 18.2 Å². The van der Waals surface area contributed by atoms with E-state index in [9.17, 15) is 4.79 Å². The lowest BCUT2D eigenvalue weighted by Gasteiger charge is -2.07. The lowest BCUT2D eigenvalue weighted by molar-refractivity contribution is -0.120. The van der Waals surface area contributed by atoms with Gasteiger partial charge in [-0.1, -0.05) is 30.3 Å². The summed E-state index contributed by atoms with van der Waals surface area (Å²) < 4.78 is 5.67. The van der Waals surface area contributed by atoms with Gasteiger partial charge in [0, 0.05) is 22.6 Å². The Labute approximate surface area is 168 Å². The molecule has 2 aromatic carbocycles. The normalized spacial score (nSPS) is 10.6. The Kier molecular flexibility index (Phi) is 7.30. The summed E-state index contributed by atoms with van der Waals surface area (Å²) in [6, 6.07) is 18.0. The molecule has 3 aromatic rings. The molecule has 0 unspecified atom stereocenters. The standard InChI is InChI=1S/C21H22N2O2S2/c1-2-25-19-11-7-6-10-18(19)21-23-16(15-27-21)14-20(24)22-12-13-26-17-8-4-3-5-9-17/h3-11,15H,2,12-14H2,1H3,(H,22,24). The summed E-state index contributed by atoms with van der Waals surface area (Å²) in [6.07, 6.45) is 0.295. The fourth-order valence-electron chi connectivity index (χ4n) is 2.54. The highest BCUT2D eigenvalue weighted by molar-refractivity contribution is 7.99. The predicted molar refractivity (Wildman–Crippen MR) is 113 cm³/mol. The molecule has 6 heteroatoms. The van der Waals surface area contributed by atoms with Crippen LogP contribution < -0.4 is 10.1 Å². The first kappa shape index (κ1) is 19.5. The summed E-state index contributed by atoms with van der Waals surface area (Å²) in [7, 11) is 0. The van der Waals surface area contributed by atoms with Gasteiger partial charge in [0.15, 0.2) is 0 Å². The highest BCUT2D eigenvalue weighted by Crippen LogP contribution is 2.32. The molecule has 0 atom stereocenters. The molecule has 0 saturated heterocycles. The summed E-state index contributed by atoms with van der Waals surface area (Å²) in [6.45, 7) is 3.21. The van der Waals surface area contributed by atoms with Gasteiger partial charge in [0.05, 0.1) is 24.3 Å². The first-order chi connectivity index (χ1) is 13.3. The molecule has 0 saturated carbocycles. The highest BCUT2D eigenvalue weighted by atomic mass is 32.2. The van der Waals surface area contributed by atoms with Gasteiger partial charge in [0.1, 0.15) is 10.8 Å². The molecule has 1 N–H and O–H groups in total. The van der Waals surface area contributed by atoms with Gasteiger partial charge in [0.2, 0.25) is 5.91 Å². The first-order valence-electron chi connectivity index (χ1n) is 8.87. The number of benzene rings is 2. The SMILES string of the molecule is CCOc1ccccc1-c1nc(CC(=O)NCCSc2ccccc2)cs1. The van der Waals surface area contributed by atoms with Crippen LogP contribution in [0.1, 0.15) is 12.6 Å². The summed E-state index contributed by atoms with van der Waals surface area (Å²) in [5.74, 6) is 1.67. The second kappa shape index (κ2) is 10.1. The van der Waals surface area contributed by atoms with E-state index in [-0.39, 0.29) is 5.91 Å². The highest BCUT2D eigenvalue weighted by Gasteiger charge is 2.12. The largest absolute Gasteiger partial charge is 0.493 e. The van der Waals surface area contributed by atoms with E-state index in [1.54, 1.807) is 11.8 Å². The third-order valence-corrected chi connectivity index (χ3v) is 5.69. The maximum absolute atomic E-state index is 12.2. The Balaban J connectivity index is 1.49. The Morgan fingerprint density at radius 3 is 2.74 bits per heavy atom. The van der Waals surface area contributed by atoms with Gasteiger partial charge in [-0.15, -0.1) is 23.1 Å². The Hall–Kier alpha value is -2.31. The average molecular weight is 399 g/mol. The van der Waals surface area contributed by atoms with Gasteiger partial charge in [-0.2, -0.15) is 0 Å². The van der Waals surface area contributed by atoms with Crippen molar-refractivity contribution in [1.82, 2.24) is 10.3 Å². The number of aromatic nitrogens is 1. The van der Waals surface area contributed by atoms with Crippen LogP contribution in [0.4, 0.5) is 0 Å². The zero-order valence-corrected chi connectivity index (χ0v) is 16.8. The number of ether oxygens (including phenoxy) is 1. The van der Waals surface area contributed by atoms with Gasteiger partial charge in [-0.3, -0.25) is 4.79 Å². The zero-order valence-electron chi connectivity index (χ0n) is 15.2. The van der Waals surface area contributed by atoms with Crippen molar-refractivity contribution in [3.8, 4) is 16.3 Å². The maximum atomic E-state index is 12.2. The average Bonchev–Trinajstić information content (AvgIpc) is 3.15. The molecular formula is C21H22N2O2S2. The number of rotatable bonds is 9. The second-order valence-corrected chi connectivity index (χ2v) is 7.79. The third-order valence-electron chi connectivity index (χ3n) is 3.75. The number of amides is 1. The van der Waals surface area contributed by atoms with E-state index in [4.69, 9.17) is 4.74 Å². The minimum Gasteiger partial charge on any atom is -0.493 e. The molecule has 3 rings (SSSR count). The molecular weight excluding hydrogens is 376 g/mol. The maximum Gasteiger partial charge on any atom is 0.226 e. The van der Waals surface area contributed by atoms with Crippen LogP contribution in [0.3, 0.4) is 0 Å². The molecule has 0 bridgehead atoms. The predicted octanol–water partition coefficient (Wildman–Crippen LogP) is 4.66. The van der Waals surface area contributed by atoms with Crippen molar-refractivity contribution in [2.75, 3.05) is 18.9 Å². The van der Waals surface area contributed by atoms with Crippen LogP contribution in [0.25, 0.3) is 10.6 Å². The fourth-order valence-corrected chi connectivity index (χ4v) is 4.18. The Morgan fingerprint density at radius 2 is 1.93 bits per heavy atom. The third kappa shape index (κ3) is 5.84. The second-order valence-electron chi connectivity index (χ2n) is 5.76. The van der Waals surface area contributed by atoms with Crippen LogP contribution in [-0.4, -0.2) is 29.8 Å². The van der Waals surface area contributed by atoms with Gasteiger partial charge >= 0.3 is 0 Å². The summed E-state index contributed by atoms with van der Waals surface area (Å²) in [5.41, 5.74) is 1.75.